The molecule has 1 N–H and O–H groups in total. The van der Waals surface area contributed by atoms with Gasteiger partial charge in [-0.25, -0.2) is 14.6 Å². The summed E-state index contributed by atoms with van der Waals surface area (Å²) in [5.74, 6) is 0.0224. The van der Waals surface area contributed by atoms with Gasteiger partial charge in [0, 0.05) is 37.9 Å². The predicted molar refractivity (Wildman–Crippen MR) is 83.2 cm³/mol. The predicted octanol–water partition coefficient (Wildman–Crippen LogP) is 1.81. The summed E-state index contributed by atoms with van der Waals surface area (Å²) in [6, 6.07) is 0. The molecular formula is C14H18N4O4S. The normalized spacial score (nSPS) is 16.9. The van der Waals surface area contributed by atoms with Crippen LogP contribution >= 0.6 is 11.3 Å². The highest BCUT2D eigenvalue weighted by Gasteiger charge is 2.25. The van der Waals surface area contributed by atoms with Crippen molar-refractivity contribution in [3.05, 3.63) is 10.6 Å². The molecule has 2 aliphatic heterocycles. The second-order valence-electron chi connectivity index (χ2n) is 5.55. The lowest BCUT2D eigenvalue weighted by atomic mass is 10.2. The second kappa shape index (κ2) is 6.53. The van der Waals surface area contributed by atoms with Gasteiger partial charge in [0.05, 0.1) is 12.2 Å². The Morgan fingerprint density at radius 1 is 1.17 bits per heavy atom. The molecule has 3 rings (SSSR count). The van der Waals surface area contributed by atoms with E-state index in [1.54, 1.807) is 4.90 Å². The van der Waals surface area contributed by atoms with Crippen molar-refractivity contribution in [1.29, 1.82) is 0 Å². The van der Waals surface area contributed by atoms with Crippen molar-refractivity contribution >= 4 is 34.6 Å². The van der Waals surface area contributed by atoms with Crippen LogP contribution in [0.2, 0.25) is 0 Å². The minimum absolute atomic E-state index is 0.0224. The lowest BCUT2D eigenvalue weighted by Gasteiger charge is -2.24. The zero-order valence-electron chi connectivity index (χ0n) is 12.8. The van der Waals surface area contributed by atoms with Crippen LogP contribution in [-0.4, -0.2) is 52.5 Å². The highest BCUT2D eigenvalue weighted by atomic mass is 32.1. The fraction of sp³-hybridized carbons (Fsp3) is 0.571. The van der Waals surface area contributed by atoms with Crippen molar-refractivity contribution in [1.82, 2.24) is 14.8 Å². The number of rotatable bonds is 1. The molecule has 0 spiro atoms. The molecule has 0 aromatic carbocycles. The van der Waals surface area contributed by atoms with Gasteiger partial charge in [-0.3, -0.25) is 10.1 Å². The Balaban J connectivity index is 1.57. The van der Waals surface area contributed by atoms with E-state index < -0.39 is 12.2 Å². The molecule has 0 saturated carbocycles. The minimum Gasteiger partial charge on any atom is -0.359 e. The summed E-state index contributed by atoms with van der Waals surface area (Å²) in [6.45, 7) is 3.92. The van der Waals surface area contributed by atoms with Crippen LogP contribution < -0.4 is 5.32 Å². The molecule has 0 radical (unpaired) electrons. The highest BCUT2D eigenvalue weighted by molar-refractivity contribution is 7.15. The molecule has 0 atom stereocenters. The van der Waals surface area contributed by atoms with Crippen molar-refractivity contribution in [2.75, 3.05) is 25.0 Å². The Bertz CT molecular complexity index is 639. The maximum atomic E-state index is 11.8. The number of anilines is 1. The van der Waals surface area contributed by atoms with E-state index in [0.29, 0.717) is 37.7 Å². The van der Waals surface area contributed by atoms with E-state index >= 15 is 0 Å². The topological polar surface area (TPSA) is 91.8 Å². The third-order valence-corrected chi connectivity index (χ3v) is 4.93. The van der Waals surface area contributed by atoms with Crippen LogP contribution in [0.15, 0.2) is 0 Å². The summed E-state index contributed by atoms with van der Waals surface area (Å²) < 4.78 is 4.77. The summed E-state index contributed by atoms with van der Waals surface area (Å²) in [5, 5.41) is 2.88. The first kappa shape index (κ1) is 15.7. The standard InChI is InChI=1S/C14H18N4O4S/c1-9(19)18-7-4-10-11(8-18)23-12(15-10)16-13(20)22-14(21)17-5-2-3-6-17/h2-8H2,1H3,(H,15,16,20). The van der Waals surface area contributed by atoms with E-state index in [-0.39, 0.29) is 5.91 Å². The van der Waals surface area contributed by atoms with Crippen LogP contribution in [0.3, 0.4) is 0 Å². The number of fused-ring (bicyclic) bond motifs is 1. The van der Waals surface area contributed by atoms with Crippen molar-refractivity contribution in [2.24, 2.45) is 0 Å². The minimum atomic E-state index is -0.823. The Morgan fingerprint density at radius 3 is 2.61 bits per heavy atom. The molecule has 3 heterocycles. The lowest BCUT2D eigenvalue weighted by molar-refractivity contribution is -0.129. The number of ether oxygens (including phenoxy) is 1. The van der Waals surface area contributed by atoms with Gasteiger partial charge in [-0.05, 0) is 12.8 Å². The van der Waals surface area contributed by atoms with Gasteiger partial charge in [-0.1, -0.05) is 11.3 Å². The highest BCUT2D eigenvalue weighted by Crippen LogP contribution is 2.28. The summed E-state index contributed by atoms with van der Waals surface area (Å²) >= 11 is 1.30. The maximum absolute atomic E-state index is 11.8. The smallest absolute Gasteiger partial charge is 0.359 e. The third kappa shape index (κ3) is 3.61. The number of carbonyl (C=O) groups excluding carboxylic acids is 3. The van der Waals surface area contributed by atoms with Gasteiger partial charge in [-0.2, -0.15) is 0 Å². The molecule has 23 heavy (non-hydrogen) atoms. The molecule has 124 valence electrons. The fourth-order valence-corrected chi connectivity index (χ4v) is 3.68. The third-order valence-electron chi connectivity index (χ3n) is 3.93. The van der Waals surface area contributed by atoms with E-state index in [1.165, 1.54) is 23.2 Å². The number of carbonyl (C=O) groups is 3. The Labute approximate surface area is 137 Å². The maximum Gasteiger partial charge on any atom is 0.422 e. The van der Waals surface area contributed by atoms with E-state index in [4.69, 9.17) is 4.74 Å². The number of thiazole rings is 1. The second-order valence-corrected chi connectivity index (χ2v) is 6.64. The Kier molecular flexibility index (Phi) is 4.46. The molecule has 8 nitrogen and oxygen atoms in total. The number of amides is 3. The number of nitrogens with one attached hydrogen (secondary N) is 1. The van der Waals surface area contributed by atoms with Crippen LogP contribution in [0.4, 0.5) is 14.7 Å². The van der Waals surface area contributed by atoms with Crippen molar-refractivity contribution in [2.45, 2.75) is 32.7 Å². The molecule has 3 amide bonds. The molecule has 0 aliphatic carbocycles. The first-order valence-electron chi connectivity index (χ1n) is 7.55. The van der Waals surface area contributed by atoms with Crippen molar-refractivity contribution in [3.63, 3.8) is 0 Å². The molecule has 1 fully saturated rings. The van der Waals surface area contributed by atoms with E-state index in [2.05, 4.69) is 10.3 Å². The number of nitrogens with zero attached hydrogens (tertiary/aromatic N) is 3. The Morgan fingerprint density at radius 2 is 1.91 bits per heavy atom. The lowest BCUT2D eigenvalue weighted by Crippen LogP contribution is -2.33. The van der Waals surface area contributed by atoms with Gasteiger partial charge in [-0.15, -0.1) is 0 Å². The molecule has 2 aliphatic rings. The van der Waals surface area contributed by atoms with Gasteiger partial charge in [0.25, 0.3) is 0 Å². The van der Waals surface area contributed by atoms with Crippen LogP contribution in [-0.2, 0) is 22.5 Å². The molecule has 1 aromatic heterocycles. The average molecular weight is 338 g/mol. The van der Waals surface area contributed by atoms with Gasteiger partial charge in [0.1, 0.15) is 0 Å². The monoisotopic (exact) mass is 338 g/mol. The average Bonchev–Trinajstić information content (AvgIpc) is 3.15. The molecule has 1 aromatic rings. The van der Waals surface area contributed by atoms with E-state index in [0.717, 1.165) is 23.4 Å². The molecule has 0 bridgehead atoms. The summed E-state index contributed by atoms with van der Waals surface area (Å²) in [4.78, 5) is 43.5. The van der Waals surface area contributed by atoms with E-state index in [9.17, 15) is 14.4 Å². The fourth-order valence-electron chi connectivity index (χ4n) is 2.67. The number of aromatic nitrogens is 1. The zero-order valence-corrected chi connectivity index (χ0v) is 13.6. The summed E-state index contributed by atoms with van der Waals surface area (Å²) in [6.07, 6.45) is 1.08. The van der Waals surface area contributed by atoms with Gasteiger partial charge >= 0.3 is 12.2 Å². The zero-order chi connectivity index (χ0) is 16.4. The van der Waals surface area contributed by atoms with Gasteiger partial charge < -0.3 is 14.5 Å². The van der Waals surface area contributed by atoms with Crippen molar-refractivity contribution in [3.8, 4) is 0 Å². The summed E-state index contributed by atoms with van der Waals surface area (Å²) in [7, 11) is 0. The van der Waals surface area contributed by atoms with E-state index in [1.807, 2.05) is 0 Å². The van der Waals surface area contributed by atoms with Crippen LogP contribution in [0.25, 0.3) is 0 Å². The van der Waals surface area contributed by atoms with Gasteiger partial charge in [0.15, 0.2) is 5.13 Å². The number of likely N-dealkylation sites (tertiary alicyclic amines) is 1. The number of hydrogen-bond acceptors (Lipinski definition) is 6. The molecule has 0 unspecified atom stereocenters. The molecule has 1 saturated heterocycles. The first-order valence-corrected chi connectivity index (χ1v) is 8.36. The largest absolute Gasteiger partial charge is 0.422 e. The molecule has 9 heteroatoms. The van der Waals surface area contributed by atoms with Crippen molar-refractivity contribution < 1.29 is 19.1 Å². The number of hydrogen-bond donors (Lipinski definition) is 1. The summed E-state index contributed by atoms with van der Waals surface area (Å²) in [5.41, 5.74) is 0.883. The van der Waals surface area contributed by atoms with Crippen LogP contribution in [0.1, 0.15) is 30.3 Å². The quantitative estimate of drug-likeness (QED) is 0.789. The first-order chi connectivity index (χ1) is 11.0. The Hall–Kier alpha value is -2.16. The van der Waals surface area contributed by atoms with Crippen LogP contribution in [0, 0.1) is 0 Å². The SMILES string of the molecule is CC(=O)N1CCc2nc(NC(=O)OC(=O)N3CCCC3)sc2C1. The van der Waals surface area contributed by atoms with Crippen LogP contribution in [0.5, 0.6) is 0 Å². The molecular weight excluding hydrogens is 320 g/mol. The van der Waals surface area contributed by atoms with Gasteiger partial charge in [0.2, 0.25) is 5.91 Å².